The Balaban J connectivity index is 2.06. The summed E-state index contributed by atoms with van der Waals surface area (Å²) >= 11 is 6.82. The molecule has 108 valence electrons. The quantitative estimate of drug-likeness (QED) is 0.794. The predicted molar refractivity (Wildman–Crippen MR) is 80.4 cm³/mol. The molecular weight excluding hydrogens is 392 g/mol. The minimum absolute atomic E-state index is 0.0263. The molecule has 0 saturated heterocycles. The van der Waals surface area contributed by atoms with Crippen LogP contribution < -0.4 is 4.74 Å². The van der Waals surface area contributed by atoms with Gasteiger partial charge in [-0.25, -0.2) is 0 Å². The Kier molecular flexibility index (Phi) is 5.56. The van der Waals surface area contributed by atoms with E-state index in [1.54, 1.807) is 12.1 Å². The average molecular weight is 406 g/mol. The fraction of sp³-hybridized carbons (Fsp3) is 0.385. The van der Waals surface area contributed by atoms with E-state index in [0.717, 1.165) is 27.4 Å². The van der Waals surface area contributed by atoms with Crippen LogP contribution in [0.2, 0.25) is 0 Å². The second-order valence-corrected chi connectivity index (χ2v) is 5.90. The normalized spacial score (nSPS) is 10.8. The summed E-state index contributed by atoms with van der Waals surface area (Å²) in [6.07, 6.45) is 1.77. The second-order valence-electron chi connectivity index (χ2n) is 4.19. The molecule has 0 aliphatic heterocycles. The highest BCUT2D eigenvalue weighted by molar-refractivity contribution is 9.11. The van der Waals surface area contributed by atoms with Crippen LogP contribution in [-0.2, 0) is 19.6 Å². The van der Waals surface area contributed by atoms with E-state index in [9.17, 15) is 0 Å². The summed E-state index contributed by atoms with van der Waals surface area (Å²) in [4.78, 5) is 4.23. The molecule has 0 atom stereocenters. The highest BCUT2D eigenvalue weighted by Gasteiger charge is 2.12. The molecule has 0 amide bonds. The molecule has 0 aliphatic rings. The summed E-state index contributed by atoms with van der Waals surface area (Å²) in [6, 6.07) is 3.60. The van der Waals surface area contributed by atoms with E-state index < -0.39 is 0 Å². The number of aliphatic hydroxyl groups is 1. The lowest BCUT2D eigenvalue weighted by Gasteiger charge is -2.09. The molecule has 1 N–H and O–H groups in total. The number of hydrogen-bond acceptors (Lipinski definition) is 5. The van der Waals surface area contributed by atoms with E-state index in [0.29, 0.717) is 17.5 Å². The Morgan fingerprint density at radius 2 is 2.00 bits per heavy atom. The molecule has 2 rings (SSSR count). The van der Waals surface area contributed by atoms with Crippen LogP contribution in [0.25, 0.3) is 0 Å². The van der Waals surface area contributed by atoms with Crippen LogP contribution in [0.4, 0.5) is 0 Å². The molecule has 0 saturated carbocycles. The largest absolute Gasteiger partial charge is 0.481 e. The number of ether oxygens (including phenoxy) is 1. The fourth-order valence-electron chi connectivity index (χ4n) is 1.65. The molecular formula is C13H14Br2N2O3. The maximum absolute atomic E-state index is 9.12. The zero-order valence-electron chi connectivity index (χ0n) is 10.9. The van der Waals surface area contributed by atoms with Crippen molar-refractivity contribution >= 4 is 31.9 Å². The molecule has 1 aromatic carbocycles. The number of aliphatic hydroxyl groups excluding tert-OH is 1. The third-order valence-corrected chi connectivity index (χ3v) is 3.74. The van der Waals surface area contributed by atoms with Gasteiger partial charge >= 0.3 is 0 Å². The first kappa shape index (κ1) is 15.5. The fourth-order valence-corrected chi connectivity index (χ4v) is 3.16. The Hall–Kier alpha value is -0.920. The Morgan fingerprint density at radius 1 is 1.30 bits per heavy atom. The summed E-state index contributed by atoms with van der Waals surface area (Å²) in [5.41, 5.74) is 0.791. The van der Waals surface area contributed by atoms with E-state index >= 15 is 0 Å². The molecule has 0 radical (unpaired) electrons. The summed E-state index contributed by atoms with van der Waals surface area (Å²) in [7, 11) is 0. The van der Waals surface area contributed by atoms with Gasteiger partial charge in [-0.1, -0.05) is 12.1 Å². The molecule has 0 unspecified atom stereocenters. The van der Waals surface area contributed by atoms with Crippen molar-refractivity contribution in [3.63, 3.8) is 0 Å². The van der Waals surface area contributed by atoms with Gasteiger partial charge < -0.3 is 14.4 Å². The molecule has 1 heterocycles. The van der Waals surface area contributed by atoms with Gasteiger partial charge in [-0.2, -0.15) is 4.98 Å². The maximum atomic E-state index is 9.12. The maximum Gasteiger partial charge on any atom is 0.264 e. The van der Waals surface area contributed by atoms with Crippen LogP contribution in [0.3, 0.4) is 0 Å². The topological polar surface area (TPSA) is 68.4 Å². The molecule has 7 heteroatoms. The SMILES string of the molecule is CCCc1noc(COc2c(Br)cc(CO)cc2Br)n1. The smallest absolute Gasteiger partial charge is 0.264 e. The summed E-state index contributed by atoms with van der Waals surface area (Å²) in [6.45, 7) is 2.23. The highest BCUT2D eigenvalue weighted by Crippen LogP contribution is 2.35. The van der Waals surface area contributed by atoms with Crippen molar-refractivity contribution in [1.29, 1.82) is 0 Å². The second kappa shape index (κ2) is 7.19. The molecule has 0 aliphatic carbocycles. The van der Waals surface area contributed by atoms with E-state index in [1.165, 1.54) is 0 Å². The van der Waals surface area contributed by atoms with Gasteiger partial charge in [0, 0.05) is 6.42 Å². The van der Waals surface area contributed by atoms with Crippen molar-refractivity contribution in [3.05, 3.63) is 38.4 Å². The number of aryl methyl sites for hydroxylation is 1. The van der Waals surface area contributed by atoms with Crippen LogP contribution in [0.5, 0.6) is 5.75 Å². The lowest BCUT2D eigenvalue weighted by atomic mass is 10.2. The first-order valence-corrected chi connectivity index (χ1v) is 7.75. The number of halogens is 2. The molecule has 0 bridgehead atoms. The minimum Gasteiger partial charge on any atom is -0.481 e. The molecule has 2 aromatic rings. The lowest BCUT2D eigenvalue weighted by Crippen LogP contribution is -1.98. The van der Waals surface area contributed by atoms with Crippen LogP contribution in [0.1, 0.15) is 30.6 Å². The zero-order chi connectivity index (χ0) is 14.5. The number of nitrogens with zero attached hydrogens (tertiary/aromatic N) is 2. The summed E-state index contributed by atoms with van der Waals surface area (Å²) < 4.78 is 12.3. The predicted octanol–water partition coefficient (Wildman–Crippen LogP) is 3.62. The van der Waals surface area contributed by atoms with Crippen LogP contribution in [0.15, 0.2) is 25.6 Å². The van der Waals surface area contributed by atoms with Crippen LogP contribution >= 0.6 is 31.9 Å². The molecule has 0 spiro atoms. The van der Waals surface area contributed by atoms with Crippen molar-refractivity contribution in [3.8, 4) is 5.75 Å². The Bertz CT molecular complexity index is 564. The van der Waals surface area contributed by atoms with Crippen molar-refractivity contribution in [2.75, 3.05) is 0 Å². The van der Waals surface area contributed by atoms with Crippen molar-refractivity contribution < 1.29 is 14.4 Å². The third kappa shape index (κ3) is 3.80. The van der Waals surface area contributed by atoms with E-state index in [2.05, 4.69) is 48.9 Å². The number of benzene rings is 1. The first-order valence-electron chi connectivity index (χ1n) is 6.17. The number of aromatic nitrogens is 2. The van der Waals surface area contributed by atoms with Gasteiger partial charge in [-0.3, -0.25) is 0 Å². The Labute approximate surface area is 133 Å². The minimum atomic E-state index is -0.0263. The van der Waals surface area contributed by atoms with Gasteiger partial charge in [0.2, 0.25) is 0 Å². The highest BCUT2D eigenvalue weighted by atomic mass is 79.9. The van der Waals surface area contributed by atoms with Gasteiger partial charge in [0.1, 0.15) is 5.75 Å². The molecule has 0 fully saturated rings. The first-order chi connectivity index (χ1) is 9.63. The van der Waals surface area contributed by atoms with E-state index in [4.69, 9.17) is 14.4 Å². The van der Waals surface area contributed by atoms with Gasteiger partial charge in [-0.05, 0) is 56.0 Å². The Morgan fingerprint density at radius 3 is 2.60 bits per heavy atom. The van der Waals surface area contributed by atoms with Gasteiger partial charge in [-0.15, -0.1) is 0 Å². The summed E-state index contributed by atoms with van der Waals surface area (Å²) in [5, 5.41) is 13.0. The van der Waals surface area contributed by atoms with Gasteiger partial charge in [0.05, 0.1) is 15.6 Å². The number of rotatable bonds is 6. The van der Waals surface area contributed by atoms with E-state index in [1.807, 2.05) is 0 Å². The van der Waals surface area contributed by atoms with Gasteiger partial charge in [0.15, 0.2) is 12.4 Å². The summed E-state index contributed by atoms with van der Waals surface area (Å²) in [5.74, 6) is 1.77. The number of hydrogen-bond donors (Lipinski definition) is 1. The molecule has 5 nitrogen and oxygen atoms in total. The van der Waals surface area contributed by atoms with Crippen molar-refractivity contribution in [2.24, 2.45) is 0 Å². The standard InChI is InChI=1S/C13H14Br2N2O3/c1-2-3-11-16-12(20-17-11)7-19-13-9(14)4-8(6-18)5-10(13)15/h4-5,18H,2-3,6-7H2,1H3. The average Bonchev–Trinajstić information content (AvgIpc) is 2.85. The van der Waals surface area contributed by atoms with Crippen LogP contribution in [0, 0.1) is 0 Å². The lowest BCUT2D eigenvalue weighted by molar-refractivity contribution is 0.239. The third-order valence-electron chi connectivity index (χ3n) is 2.56. The van der Waals surface area contributed by atoms with Crippen molar-refractivity contribution in [1.82, 2.24) is 10.1 Å². The van der Waals surface area contributed by atoms with E-state index in [-0.39, 0.29) is 13.2 Å². The zero-order valence-corrected chi connectivity index (χ0v) is 14.1. The van der Waals surface area contributed by atoms with Crippen LogP contribution in [-0.4, -0.2) is 15.2 Å². The van der Waals surface area contributed by atoms with Crippen molar-refractivity contribution in [2.45, 2.75) is 33.0 Å². The molecule has 1 aromatic heterocycles. The monoisotopic (exact) mass is 404 g/mol. The molecule has 20 heavy (non-hydrogen) atoms. The van der Waals surface area contributed by atoms with Gasteiger partial charge in [0.25, 0.3) is 5.89 Å².